The van der Waals surface area contributed by atoms with E-state index in [0.717, 1.165) is 19.6 Å². The van der Waals surface area contributed by atoms with Gasteiger partial charge in [0, 0.05) is 36.1 Å². The molecule has 5 aromatic carbocycles. The highest BCUT2D eigenvalue weighted by atomic mass is 35.5. The number of halogens is 3. The number of Topliss-reactive ketones (excluding diaryl/α,β-unsaturated/α-hetero) is 1. The van der Waals surface area contributed by atoms with Crippen LogP contribution in [0, 0.1) is 28.4 Å². The minimum absolute atomic E-state index is 0.104. The van der Waals surface area contributed by atoms with Crippen LogP contribution in [0.1, 0.15) is 49.5 Å². The normalized spacial score (nSPS) is 20.2. The largest absolute Gasteiger partial charge is 0.382 e. The van der Waals surface area contributed by atoms with E-state index >= 15 is 0 Å². The average Bonchev–Trinajstić information content (AvgIpc) is 3.44. The first-order chi connectivity index (χ1) is 24.7. The molecule has 2 fully saturated rings. The number of carbonyl (C=O) groups is 2. The second-order valence-electron chi connectivity index (χ2n) is 13.5. The van der Waals surface area contributed by atoms with E-state index in [1.54, 1.807) is 78.9 Å². The van der Waals surface area contributed by atoms with Crippen molar-refractivity contribution in [2.75, 3.05) is 0 Å². The fourth-order valence-electron chi connectivity index (χ4n) is 6.83. The van der Waals surface area contributed by atoms with Crippen molar-refractivity contribution in [1.82, 2.24) is 0 Å². The summed E-state index contributed by atoms with van der Waals surface area (Å²) in [6.45, 7) is 5.85. The van der Waals surface area contributed by atoms with E-state index in [9.17, 15) is 26.8 Å². The van der Waals surface area contributed by atoms with Crippen LogP contribution in [0.3, 0.4) is 0 Å². The molecule has 0 saturated heterocycles. The number of carbonyl (C=O) groups excluding carboxylic acids is 2. The monoisotopic (exact) mass is 776 g/mol. The minimum atomic E-state index is -4.13. The Bertz CT molecular complexity index is 2150. The van der Waals surface area contributed by atoms with E-state index in [1.165, 1.54) is 47.8 Å². The van der Waals surface area contributed by atoms with Crippen molar-refractivity contribution in [3.05, 3.63) is 149 Å². The van der Waals surface area contributed by atoms with Gasteiger partial charge in [0.15, 0.2) is 16.8 Å². The predicted molar refractivity (Wildman–Crippen MR) is 202 cm³/mol. The van der Waals surface area contributed by atoms with Gasteiger partial charge in [0.05, 0.1) is 5.02 Å². The Balaban J connectivity index is 0.000000258. The smallest absolute Gasteiger partial charge is 0.319 e. The standard InChI is InChI=1S/C29H27ClO5S2.C12H8F2S/c1-28(2)22-15-16-29(28,3)27(32)26(22)37(33,34)35-20-10-12-21(13-11-20)36-24-14-9-19(17-23(24)30)25(31)18-7-5-4-6-8-18;13-9-1-5-11(6-2-9)15-12-7-3-10(14)4-8-12/h4-14,17,22,26H,15-16H2,1-3H3;1-8H. The van der Waals surface area contributed by atoms with Crippen LogP contribution in [0.5, 0.6) is 5.75 Å². The third-order valence-electron chi connectivity index (χ3n) is 10.1. The summed E-state index contributed by atoms with van der Waals surface area (Å²) in [5.74, 6) is -0.920. The molecule has 5 aromatic rings. The summed E-state index contributed by atoms with van der Waals surface area (Å²) >= 11 is 9.33. The van der Waals surface area contributed by atoms with Crippen LogP contribution >= 0.6 is 35.1 Å². The summed E-state index contributed by atoms with van der Waals surface area (Å²) in [7, 11) is -4.13. The Morgan fingerprint density at radius 1 is 0.750 bits per heavy atom. The molecule has 0 N–H and O–H groups in total. The van der Waals surface area contributed by atoms with Crippen molar-refractivity contribution >= 4 is 56.8 Å². The maximum atomic E-state index is 13.1. The summed E-state index contributed by atoms with van der Waals surface area (Å²) in [5, 5.41) is -0.688. The van der Waals surface area contributed by atoms with E-state index in [-0.39, 0.29) is 40.3 Å². The van der Waals surface area contributed by atoms with Gasteiger partial charge in [0.2, 0.25) is 0 Å². The molecule has 5 nitrogen and oxygen atoms in total. The topological polar surface area (TPSA) is 77.5 Å². The van der Waals surface area contributed by atoms with Crippen LogP contribution in [-0.2, 0) is 14.9 Å². The minimum Gasteiger partial charge on any atom is -0.382 e. The molecular formula is C41H35ClF2O5S3. The van der Waals surface area contributed by atoms with Gasteiger partial charge < -0.3 is 4.18 Å². The molecule has 0 amide bonds. The van der Waals surface area contributed by atoms with Crippen molar-refractivity contribution in [3.63, 3.8) is 0 Å². The van der Waals surface area contributed by atoms with Crippen molar-refractivity contribution in [2.45, 2.75) is 58.4 Å². The molecule has 0 aromatic heterocycles. The second kappa shape index (κ2) is 15.2. The predicted octanol–water partition coefficient (Wildman–Crippen LogP) is 10.9. The molecule has 2 aliphatic rings. The molecule has 0 radical (unpaired) electrons. The molecule has 11 heteroatoms. The van der Waals surface area contributed by atoms with Gasteiger partial charge in [-0.05, 0) is 115 Å². The van der Waals surface area contributed by atoms with Gasteiger partial charge >= 0.3 is 10.1 Å². The second-order valence-corrected chi connectivity index (χ2v) is 17.8. The van der Waals surface area contributed by atoms with E-state index in [0.29, 0.717) is 29.0 Å². The fraction of sp³-hybridized carbons (Fsp3) is 0.220. The number of rotatable bonds is 9. The van der Waals surface area contributed by atoms with Crippen molar-refractivity contribution in [2.24, 2.45) is 16.7 Å². The third kappa shape index (κ3) is 7.86. The Kier molecular flexibility index (Phi) is 11.0. The van der Waals surface area contributed by atoms with E-state index < -0.39 is 20.8 Å². The SMILES string of the molecule is CC12CCC(C(S(=O)(=O)Oc3ccc(Sc4ccc(C(=O)c5ccccc5)cc4Cl)cc3)C1=O)C2(C)C.Fc1ccc(Sc2ccc(F)cc2)cc1. The van der Waals surface area contributed by atoms with Gasteiger partial charge in [-0.15, -0.1) is 0 Å². The zero-order valence-electron chi connectivity index (χ0n) is 28.5. The highest BCUT2D eigenvalue weighted by molar-refractivity contribution is 7.99. The lowest BCUT2D eigenvalue weighted by Crippen LogP contribution is -2.41. The molecule has 7 rings (SSSR count). The van der Waals surface area contributed by atoms with Crippen molar-refractivity contribution < 1.29 is 31.0 Å². The summed E-state index contributed by atoms with van der Waals surface area (Å²) in [5.41, 5.74) is 0.0717. The molecule has 2 saturated carbocycles. The maximum absolute atomic E-state index is 13.1. The summed E-state index contributed by atoms with van der Waals surface area (Å²) in [4.78, 5) is 29.2. The lowest BCUT2D eigenvalue weighted by Gasteiger charge is -2.32. The quantitative estimate of drug-likeness (QED) is 0.109. The lowest BCUT2D eigenvalue weighted by molar-refractivity contribution is -0.128. The highest BCUT2D eigenvalue weighted by Gasteiger charge is 2.70. The first-order valence-electron chi connectivity index (χ1n) is 16.5. The zero-order valence-corrected chi connectivity index (χ0v) is 31.7. The average molecular weight is 777 g/mol. The molecule has 268 valence electrons. The van der Waals surface area contributed by atoms with Gasteiger partial charge in [-0.25, -0.2) is 8.78 Å². The summed E-state index contributed by atoms with van der Waals surface area (Å²) in [6.07, 6.45) is 1.42. The van der Waals surface area contributed by atoms with Gasteiger partial charge in [0.25, 0.3) is 0 Å². The molecule has 2 bridgehead atoms. The molecule has 2 aliphatic carbocycles. The maximum Gasteiger partial charge on any atom is 0.319 e. The Hall–Kier alpha value is -3.96. The molecule has 0 spiro atoms. The fourth-order valence-corrected chi connectivity index (χ4v) is 10.6. The summed E-state index contributed by atoms with van der Waals surface area (Å²) < 4.78 is 57.0. The zero-order chi connectivity index (χ0) is 37.3. The van der Waals surface area contributed by atoms with Crippen LogP contribution in [0.15, 0.2) is 141 Å². The number of hydrogen-bond donors (Lipinski definition) is 0. The molecule has 3 atom stereocenters. The van der Waals surface area contributed by atoms with Crippen LogP contribution < -0.4 is 4.18 Å². The van der Waals surface area contributed by atoms with E-state index in [1.807, 2.05) is 39.0 Å². The number of fused-ring (bicyclic) bond motifs is 2. The van der Waals surface area contributed by atoms with E-state index in [4.69, 9.17) is 15.8 Å². The third-order valence-corrected chi connectivity index (χ3v) is 14.3. The molecular weight excluding hydrogens is 742 g/mol. The molecule has 3 unspecified atom stereocenters. The number of ketones is 2. The highest BCUT2D eigenvalue weighted by Crippen LogP contribution is 2.65. The number of benzene rings is 5. The number of hydrogen-bond acceptors (Lipinski definition) is 7. The lowest BCUT2D eigenvalue weighted by atomic mass is 9.70. The molecule has 0 aliphatic heterocycles. The van der Waals surface area contributed by atoms with Crippen molar-refractivity contribution in [1.29, 1.82) is 0 Å². The van der Waals surface area contributed by atoms with E-state index in [2.05, 4.69) is 0 Å². The first-order valence-corrected chi connectivity index (χ1v) is 20.0. The Labute approximate surface area is 316 Å². The molecule has 0 heterocycles. The van der Waals surface area contributed by atoms with Gasteiger partial charge in [-0.1, -0.05) is 86.2 Å². The van der Waals surface area contributed by atoms with Crippen LogP contribution in [-0.4, -0.2) is 25.2 Å². The van der Waals surface area contributed by atoms with Crippen molar-refractivity contribution in [3.8, 4) is 5.75 Å². The Morgan fingerprint density at radius 3 is 1.81 bits per heavy atom. The first kappa shape index (κ1) is 37.8. The Morgan fingerprint density at radius 2 is 1.29 bits per heavy atom. The van der Waals surface area contributed by atoms with Gasteiger partial charge in [0.1, 0.15) is 17.4 Å². The van der Waals surface area contributed by atoms with Gasteiger partial charge in [-0.3, -0.25) is 9.59 Å². The summed E-state index contributed by atoms with van der Waals surface area (Å²) in [6, 6.07) is 33.2. The molecule has 52 heavy (non-hydrogen) atoms. The van der Waals surface area contributed by atoms with Crippen LogP contribution in [0.2, 0.25) is 5.02 Å². The van der Waals surface area contributed by atoms with Crippen LogP contribution in [0.25, 0.3) is 0 Å². The van der Waals surface area contributed by atoms with Gasteiger partial charge in [-0.2, -0.15) is 8.42 Å². The van der Waals surface area contributed by atoms with Crippen LogP contribution in [0.4, 0.5) is 8.78 Å².